The van der Waals surface area contributed by atoms with Gasteiger partial charge in [0.05, 0.1) is 11.1 Å². The lowest BCUT2D eigenvalue weighted by molar-refractivity contribution is 0.209. The molecule has 5 rings (SSSR count). The Bertz CT molecular complexity index is 1220. The lowest BCUT2D eigenvalue weighted by Gasteiger charge is -2.40. The summed E-state index contributed by atoms with van der Waals surface area (Å²) in [6, 6.07) is 20.0. The summed E-state index contributed by atoms with van der Waals surface area (Å²) in [5.41, 5.74) is 3.66. The van der Waals surface area contributed by atoms with Gasteiger partial charge in [0.1, 0.15) is 17.1 Å². The van der Waals surface area contributed by atoms with Crippen LogP contribution in [0, 0.1) is 6.92 Å². The highest BCUT2D eigenvalue weighted by Gasteiger charge is 2.30. The highest BCUT2D eigenvalue weighted by Crippen LogP contribution is 2.41. The zero-order valence-corrected chi connectivity index (χ0v) is 18.7. The predicted molar refractivity (Wildman–Crippen MR) is 129 cm³/mol. The number of halogens is 1. The van der Waals surface area contributed by atoms with E-state index >= 15 is 0 Å². The van der Waals surface area contributed by atoms with Crippen LogP contribution in [-0.2, 0) is 0 Å². The van der Waals surface area contributed by atoms with Gasteiger partial charge < -0.3 is 10.0 Å². The maximum atomic E-state index is 11.3. The molecule has 32 heavy (non-hydrogen) atoms. The fraction of sp³-hybridized carbons (Fsp3) is 0.231. The number of aromatic nitrogens is 2. The molecule has 2 aromatic heterocycles. The van der Waals surface area contributed by atoms with Crippen LogP contribution in [0.4, 0.5) is 5.82 Å². The molecule has 0 radical (unpaired) electrons. The predicted octanol–water partition coefficient (Wildman–Crippen LogP) is 5.21. The summed E-state index contributed by atoms with van der Waals surface area (Å²) in [6.45, 7) is 5.48. The molecule has 4 aromatic rings. The number of phenols is 1. The molecule has 1 atom stereocenters. The molecular formula is C26H25ClN4O. The van der Waals surface area contributed by atoms with Crippen molar-refractivity contribution in [3.8, 4) is 5.75 Å². The average molecular weight is 445 g/mol. The van der Waals surface area contributed by atoms with Crippen molar-refractivity contribution >= 4 is 28.3 Å². The van der Waals surface area contributed by atoms with E-state index in [1.165, 1.54) is 5.56 Å². The van der Waals surface area contributed by atoms with E-state index in [0.717, 1.165) is 48.5 Å². The van der Waals surface area contributed by atoms with Crippen molar-refractivity contribution in [1.29, 1.82) is 0 Å². The van der Waals surface area contributed by atoms with Gasteiger partial charge in [-0.2, -0.15) is 0 Å². The van der Waals surface area contributed by atoms with Crippen molar-refractivity contribution < 1.29 is 5.11 Å². The molecule has 0 saturated carbocycles. The van der Waals surface area contributed by atoms with E-state index in [1.54, 1.807) is 6.20 Å². The summed E-state index contributed by atoms with van der Waals surface area (Å²) >= 11 is 6.65. The third kappa shape index (κ3) is 3.90. The lowest BCUT2D eigenvalue weighted by atomic mass is 9.93. The first kappa shape index (κ1) is 20.7. The Labute approximate surface area is 192 Å². The van der Waals surface area contributed by atoms with Crippen LogP contribution < -0.4 is 4.90 Å². The zero-order valence-electron chi connectivity index (χ0n) is 17.9. The number of piperazine rings is 1. The quantitative estimate of drug-likeness (QED) is 0.468. The number of rotatable bonds is 4. The van der Waals surface area contributed by atoms with Crippen LogP contribution in [0.1, 0.15) is 22.7 Å². The van der Waals surface area contributed by atoms with Gasteiger partial charge in [-0.1, -0.05) is 47.5 Å². The Morgan fingerprint density at radius 1 is 0.906 bits per heavy atom. The molecule has 5 nitrogen and oxygen atoms in total. The summed E-state index contributed by atoms with van der Waals surface area (Å²) < 4.78 is 0. The molecule has 1 N–H and O–H groups in total. The van der Waals surface area contributed by atoms with Crippen molar-refractivity contribution in [2.24, 2.45) is 0 Å². The van der Waals surface area contributed by atoms with Gasteiger partial charge in [0, 0.05) is 49.5 Å². The summed E-state index contributed by atoms with van der Waals surface area (Å²) in [7, 11) is 0. The minimum atomic E-state index is -0.120. The van der Waals surface area contributed by atoms with Crippen molar-refractivity contribution in [1.82, 2.24) is 14.9 Å². The summed E-state index contributed by atoms with van der Waals surface area (Å²) in [5.74, 6) is 1.20. The van der Waals surface area contributed by atoms with Gasteiger partial charge >= 0.3 is 0 Å². The number of hydrogen-bond donors (Lipinski definition) is 1. The minimum Gasteiger partial charge on any atom is -0.505 e. The van der Waals surface area contributed by atoms with Crippen LogP contribution in [0.5, 0.6) is 5.75 Å². The Hall–Kier alpha value is -3.15. The fourth-order valence-corrected chi connectivity index (χ4v) is 4.77. The second kappa shape index (κ2) is 8.77. The molecule has 1 saturated heterocycles. The van der Waals surface area contributed by atoms with E-state index in [1.807, 2.05) is 42.6 Å². The first-order chi connectivity index (χ1) is 15.6. The minimum absolute atomic E-state index is 0.120. The molecule has 3 heterocycles. The van der Waals surface area contributed by atoms with Crippen LogP contribution in [0.15, 0.2) is 73.1 Å². The number of benzene rings is 2. The topological polar surface area (TPSA) is 52.5 Å². The van der Waals surface area contributed by atoms with Crippen molar-refractivity contribution in [2.45, 2.75) is 13.0 Å². The van der Waals surface area contributed by atoms with Crippen LogP contribution in [0.2, 0.25) is 5.02 Å². The van der Waals surface area contributed by atoms with E-state index in [2.05, 4.69) is 51.0 Å². The van der Waals surface area contributed by atoms with Crippen molar-refractivity contribution in [3.63, 3.8) is 0 Å². The number of aromatic hydroxyl groups is 1. The van der Waals surface area contributed by atoms with E-state index in [9.17, 15) is 5.11 Å². The van der Waals surface area contributed by atoms with Crippen LogP contribution in [0.25, 0.3) is 10.9 Å². The third-order valence-electron chi connectivity index (χ3n) is 6.19. The molecule has 0 spiro atoms. The zero-order chi connectivity index (χ0) is 22.1. The van der Waals surface area contributed by atoms with Gasteiger partial charge in [-0.15, -0.1) is 0 Å². The van der Waals surface area contributed by atoms with E-state index < -0.39 is 0 Å². The Morgan fingerprint density at radius 3 is 2.38 bits per heavy atom. The lowest BCUT2D eigenvalue weighted by Crippen LogP contribution is -2.48. The highest BCUT2D eigenvalue weighted by molar-refractivity contribution is 6.35. The van der Waals surface area contributed by atoms with E-state index in [-0.39, 0.29) is 11.8 Å². The van der Waals surface area contributed by atoms with E-state index in [0.29, 0.717) is 10.5 Å². The SMILES string of the molecule is Cc1ccc([C@H](c2cc(Cl)c3cccnc3c2O)N2CCN(c3ccccn3)CC2)cc1. The maximum absolute atomic E-state index is 11.3. The molecular weight excluding hydrogens is 420 g/mol. The first-order valence-corrected chi connectivity index (χ1v) is 11.2. The average Bonchev–Trinajstić information content (AvgIpc) is 2.84. The number of aryl methyl sites for hydroxylation is 1. The number of anilines is 1. The molecule has 0 aliphatic carbocycles. The number of pyridine rings is 2. The van der Waals surface area contributed by atoms with Gasteiger partial charge in [-0.3, -0.25) is 9.88 Å². The number of hydrogen-bond acceptors (Lipinski definition) is 5. The normalized spacial score (nSPS) is 15.8. The van der Waals surface area contributed by atoms with Crippen LogP contribution in [0.3, 0.4) is 0 Å². The molecule has 1 aliphatic heterocycles. The molecule has 1 aliphatic rings. The van der Waals surface area contributed by atoms with Crippen molar-refractivity contribution in [2.75, 3.05) is 31.1 Å². The molecule has 0 unspecified atom stereocenters. The first-order valence-electron chi connectivity index (χ1n) is 10.8. The smallest absolute Gasteiger partial charge is 0.147 e. The van der Waals surface area contributed by atoms with Gasteiger partial charge in [0.25, 0.3) is 0 Å². The standard InChI is InChI=1S/C26H25ClN4O/c1-18-7-9-19(10-8-18)25(21-17-22(27)20-5-4-12-29-24(20)26(21)32)31-15-13-30(14-16-31)23-6-2-3-11-28-23/h2-12,17,25,32H,13-16H2,1H3/t25-/m1/s1. The maximum Gasteiger partial charge on any atom is 0.147 e. The Kier molecular flexibility index (Phi) is 5.68. The van der Waals surface area contributed by atoms with Gasteiger partial charge in [-0.05, 0) is 42.8 Å². The molecule has 162 valence electrons. The second-order valence-corrected chi connectivity index (χ2v) is 8.63. The monoisotopic (exact) mass is 444 g/mol. The third-order valence-corrected chi connectivity index (χ3v) is 6.50. The fourth-order valence-electron chi connectivity index (χ4n) is 4.50. The van der Waals surface area contributed by atoms with E-state index in [4.69, 9.17) is 11.6 Å². The number of phenolic OH excluding ortho intramolecular Hbond substituents is 1. The van der Waals surface area contributed by atoms with Crippen molar-refractivity contribution in [3.05, 3.63) is 94.8 Å². The van der Waals surface area contributed by atoms with Gasteiger partial charge in [0.2, 0.25) is 0 Å². The number of nitrogens with zero attached hydrogens (tertiary/aromatic N) is 4. The van der Waals surface area contributed by atoms with Gasteiger partial charge in [-0.25, -0.2) is 4.98 Å². The molecule has 0 bridgehead atoms. The molecule has 2 aromatic carbocycles. The summed E-state index contributed by atoms with van der Waals surface area (Å²) in [5, 5.41) is 12.6. The summed E-state index contributed by atoms with van der Waals surface area (Å²) in [6.07, 6.45) is 3.52. The second-order valence-electron chi connectivity index (χ2n) is 8.22. The summed E-state index contributed by atoms with van der Waals surface area (Å²) in [4.78, 5) is 13.6. The number of fused-ring (bicyclic) bond motifs is 1. The Balaban J connectivity index is 1.54. The molecule has 1 fully saturated rings. The largest absolute Gasteiger partial charge is 0.505 e. The molecule has 6 heteroatoms. The van der Waals surface area contributed by atoms with Gasteiger partial charge in [0.15, 0.2) is 0 Å². The van der Waals surface area contributed by atoms with Crippen LogP contribution >= 0.6 is 11.6 Å². The Morgan fingerprint density at radius 2 is 1.66 bits per heavy atom. The highest BCUT2D eigenvalue weighted by atomic mass is 35.5. The van der Waals surface area contributed by atoms with Crippen LogP contribution in [-0.4, -0.2) is 46.2 Å². The molecule has 0 amide bonds.